The molecule has 3 heterocycles. The number of carbonyl (C=O) groups is 3. The molecule has 176 valence electrons. The van der Waals surface area contributed by atoms with Crippen molar-refractivity contribution in [2.75, 3.05) is 7.11 Å². The molecule has 0 aliphatic carbocycles. The van der Waals surface area contributed by atoms with Crippen LogP contribution in [-0.2, 0) is 22.6 Å². The standard InChI is InChI=1S/C26H19ClN2O5S/c1-33-25(31)22-11-10-18(34-22)15-28-13-17(19-7-3-5-9-21(19)28)12-23-24(30)29(26(32)35-23)14-16-6-2-4-8-20(16)27/h2-13H,14-15H2,1H3/b23-12-. The first-order valence-corrected chi connectivity index (χ1v) is 11.9. The molecular formula is C26H19ClN2O5S. The first kappa shape index (κ1) is 23.0. The van der Waals surface area contributed by atoms with Gasteiger partial charge in [0.2, 0.25) is 5.76 Å². The Morgan fingerprint density at radius 3 is 2.63 bits per heavy atom. The van der Waals surface area contributed by atoms with Gasteiger partial charge < -0.3 is 13.7 Å². The maximum absolute atomic E-state index is 13.1. The van der Waals surface area contributed by atoms with Crippen molar-refractivity contribution in [3.8, 4) is 0 Å². The summed E-state index contributed by atoms with van der Waals surface area (Å²) in [5.74, 6) is -0.184. The molecule has 0 radical (unpaired) electrons. The fraction of sp³-hybridized carbons (Fsp3) is 0.115. The van der Waals surface area contributed by atoms with E-state index in [-0.39, 0.29) is 23.5 Å². The zero-order chi connectivity index (χ0) is 24.5. The van der Waals surface area contributed by atoms with E-state index in [1.54, 1.807) is 36.4 Å². The molecule has 1 aliphatic heterocycles. The third-order valence-corrected chi connectivity index (χ3v) is 6.92. The van der Waals surface area contributed by atoms with Crippen LogP contribution in [0.1, 0.15) is 27.4 Å². The van der Waals surface area contributed by atoms with Gasteiger partial charge in [-0.2, -0.15) is 0 Å². The van der Waals surface area contributed by atoms with Gasteiger partial charge in [-0.25, -0.2) is 4.79 Å². The summed E-state index contributed by atoms with van der Waals surface area (Å²) in [6.45, 7) is 0.490. The first-order valence-electron chi connectivity index (χ1n) is 10.7. The Morgan fingerprint density at radius 1 is 1.06 bits per heavy atom. The average Bonchev–Trinajstić information content (AvgIpc) is 3.54. The summed E-state index contributed by atoms with van der Waals surface area (Å²) in [7, 11) is 1.30. The van der Waals surface area contributed by atoms with E-state index < -0.39 is 5.97 Å². The molecule has 2 aromatic carbocycles. The SMILES string of the molecule is COC(=O)c1ccc(Cn2cc(/C=C3\SC(=O)N(Cc4ccccc4Cl)C3=O)c3ccccc32)o1. The van der Waals surface area contributed by atoms with Gasteiger partial charge in [0.25, 0.3) is 11.1 Å². The minimum atomic E-state index is -0.540. The maximum atomic E-state index is 13.1. The lowest BCUT2D eigenvalue weighted by molar-refractivity contribution is -0.123. The third-order valence-electron chi connectivity index (χ3n) is 5.64. The second-order valence-corrected chi connectivity index (χ2v) is 9.25. The van der Waals surface area contributed by atoms with E-state index in [1.807, 2.05) is 41.1 Å². The van der Waals surface area contributed by atoms with E-state index >= 15 is 0 Å². The summed E-state index contributed by atoms with van der Waals surface area (Å²) in [6, 6.07) is 18.2. The molecule has 1 saturated heterocycles. The molecule has 2 aromatic heterocycles. The molecule has 0 spiro atoms. The van der Waals surface area contributed by atoms with E-state index in [0.717, 1.165) is 28.2 Å². The topological polar surface area (TPSA) is 81.8 Å². The van der Waals surface area contributed by atoms with Crippen molar-refractivity contribution in [1.82, 2.24) is 9.47 Å². The molecule has 5 rings (SSSR count). The number of furan rings is 1. The monoisotopic (exact) mass is 506 g/mol. The highest BCUT2D eigenvalue weighted by molar-refractivity contribution is 8.18. The number of para-hydroxylation sites is 1. The highest BCUT2D eigenvalue weighted by Gasteiger charge is 2.35. The molecule has 0 N–H and O–H groups in total. The van der Waals surface area contributed by atoms with Gasteiger partial charge in [0.05, 0.1) is 25.1 Å². The van der Waals surface area contributed by atoms with E-state index in [2.05, 4.69) is 0 Å². The number of ether oxygens (including phenoxy) is 1. The van der Waals surface area contributed by atoms with Crippen molar-refractivity contribution in [2.45, 2.75) is 13.1 Å². The van der Waals surface area contributed by atoms with Crippen molar-refractivity contribution >= 4 is 57.5 Å². The molecule has 4 aromatic rings. The fourth-order valence-corrected chi connectivity index (χ4v) is 4.96. The zero-order valence-corrected chi connectivity index (χ0v) is 20.1. The average molecular weight is 507 g/mol. The minimum Gasteiger partial charge on any atom is -0.463 e. The van der Waals surface area contributed by atoms with Crippen LogP contribution < -0.4 is 0 Å². The number of esters is 1. The Balaban J connectivity index is 1.44. The van der Waals surface area contributed by atoms with Gasteiger partial charge in [-0.05, 0) is 47.7 Å². The normalized spacial score (nSPS) is 14.9. The van der Waals surface area contributed by atoms with Gasteiger partial charge in [0.15, 0.2) is 0 Å². The predicted molar refractivity (Wildman–Crippen MR) is 134 cm³/mol. The molecule has 9 heteroatoms. The van der Waals surface area contributed by atoms with E-state index in [9.17, 15) is 14.4 Å². The summed E-state index contributed by atoms with van der Waals surface area (Å²) in [6.07, 6.45) is 3.63. The zero-order valence-electron chi connectivity index (χ0n) is 18.6. The van der Waals surface area contributed by atoms with Crippen LogP contribution in [0.25, 0.3) is 17.0 Å². The predicted octanol–water partition coefficient (Wildman–Crippen LogP) is 5.96. The number of halogens is 1. The number of aromatic nitrogens is 1. The van der Waals surface area contributed by atoms with Gasteiger partial charge in [0.1, 0.15) is 5.76 Å². The third kappa shape index (κ3) is 4.50. The van der Waals surface area contributed by atoms with Crippen LogP contribution in [0.15, 0.2) is 76.2 Å². The van der Waals surface area contributed by atoms with Crippen molar-refractivity contribution < 1.29 is 23.5 Å². The Morgan fingerprint density at radius 2 is 1.83 bits per heavy atom. The number of carbonyl (C=O) groups excluding carboxylic acids is 3. The second kappa shape index (κ2) is 9.48. The summed E-state index contributed by atoms with van der Waals surface area (Å²) in [4.78, 5) is 38.9. The number of thioether (sulfide) groups is 1. The summed E-state index contributed by atoms with van der Waals surface area (Å²) >= 11 is 7.13. The maximum Gasteiger partial charge on any atom is 0.373 e. The number of rotatable bonds is 6. The number of hydrogen-bond donors (Lipinski definition) is 0. The summed E-state index contributed by atoms with van der Waals surface area (Å²) < 4.78 is 12.3. The number of hydrogen-bond acceptors (Lipinski definition) is 6. The lowest BCUT2D eigenvalue weighted by Gasteiger charge is -2.13. The number of amides is 2. The molecule has 7 nitrogen and oxygen atoms in total. The van der Waals surface area contributed by atoms with E-state index in [0.29, 0.717) is 27.8 Å². The molecule has 1 aliphatic rings. The molecule has 0 saturated carbocycles. The lowest BCUT2D eigenvalue weighted by atomic mass is 10.1. The van der Waals surface area contributed by atoms with Gasteiger partial charge in [-0.3, -0.25) is 14.5 Å². The molecule has 1 fully saturated rings. The number of fused-ring (bicyclic) bond motifs is 1. The van der Waals surface area contributed by atoms with Crippen molar-refractivity contribution in [1.29, 1.82) is 0 Å². The molecule has 0 unspecified atom stereocenters. The van der Waals surface area contributed by atoms with Crippen molar-refractivity contribution in [3.05, 3.63) is 99.4 Å². The van der Waals surface area contributed by atoms with Gasteiger partial charge in [0, 0.05) is 27.7 Å². The Hall–Kier alpha value is -3.75. The van der Waals surface area contributed by atoms with Crippen LogP contribution in [0.5, 0.6) is 0 Å². The Labute approximate surface area is 209 Å². The Kier molecular flexibility index (Phi) is 6.23. The minimum absolute atomic E-state index is 0.116. The first-order chi connectivity index (χ1) is 16.9. The van der Waals surface area contributed by atoms with Crippen molar-refractivity contribution in [2.24, 2.45) is 0 Å². The number of nitrogens with zero attached hydrogens (tertiary/aromatic N) is 2. The Bertz CT molecular complexity index is 1500. The van der Waals surface area contributed by atoms with E-state index in [4.69, 9.17) is 20.8 Å². The van der Waals surface area contributed by atoms with Crippen LogP contribution in [-0.4, -0.2) is 33.7 Å². The van der Waals surface area contributed by atoms with Crippen LogP contribution >= 0.6 is 23.4 Å². The highest BCUT2D eigenvalue weighted by atomic mass is 35.5. The number of methoxy groups -OCH3 is 1. The molecule has 0 atom stereocenters. The van der Waals surface area contributed by atoms with Crippen LogP contribution in [0.2, 0.25) is 5.02 Å². The van der Waals surface area contributed by atoms with Crippen molar-refractivity contribution in [3.63, 3.8) is 0 Å². The molecule has 35 heavy (non-hydrogen) atoms. The molecule has 2 amide bonds. The van der Waals surface area contributed by atoms with E-state index in [1.165, 1.54) is 12.0 Å². The van der Waals surface area contributed by atoms with Gasteiger partial charge in [-0.15, -0.1) is 0 Å². The van der Waals surface area contributed by atoms with Gasteiger partial charge >= 0.3 is 5.97 Å². The summed E-state index contributed by atoms with van der Waals surface area (Å²) in [5.41, 5.74) is 2.42. The smallest absolute Gasteiger partial charge is 0.373 e. The molecular weight excluding hydrogens is 488 g/mol. The fourth-order valence-electron chi connectivity index (χ4n) is 3.94. The largest absolute Gasteiger partial charge is 0.463 e. The van der Waals surface area contributed by atoms with Crippen LogP contribution in [0.4, 0.5) is 4.79 Å². The second-order valence-electron chi connectivity index (χ2n) is 7.85. The van der Waals surface area contributed by atoms with Crippen LogP contribution in [0, 0.1) is 0 Å². The number of imide groups is 1. The number of benzene rings is 2. The highest BCUT2D eigenvalue weighted by Crippen LogP contribution is 2.35. The van der Waals surface area contributed by atoms with Crippen LogP contribution in [0.3, 0.4) is 0 Å². The molecule has 0 bridgehead atoms. The summed E-state index contributed by atoms with van der Waals surface area (Å²) in [5, 5.41) is 1.09. The van der Waals surface area contributed by atoms with Gasteiger partial charge in [-0.1, -0.05) is 48.0 Å². The lowest BCUT2D eigenvalue weighted by Crippen LogP contribution is -2.27. The quantitative estimate of drug-likeness (QED) is 0.237.